The van der Waals surface area contributed by atoms with Gasteiger partial charge in [0, 0.05) is 0 Å². The number of carbonyl (C=O) groups is 1. The Kier molecular flexibility index (Phi) is 5.41. The van der Waals surface area contributed by atoms with Gasteiger partial charge < -0.3 is 30.1 Å². The predicted octanol–water partition coefficient (Wildman–Crippen LogP) is -1.94. The van der Waals surface area contributed by atoms with Crippen LogP contribution in [0.1, 0.15) is 16.8 Å². The van der Waals surface area contributed by atoms with Gasteiger partial charge >= 0.3 is 7.82 Å². The number of amides is 1. The average Bonchev–Trinajstić information content (AvgIpc) is 3.03. The van der Waals surface area contributed by atoms with Crippen molar-refractivity contribution < 1.29 is 42.6 Å². The van der Waals surface area contributed by atoms with Crippen LogP contribution in [-0.4, -0.2) is 67.3 Å². The number of aromatic nitrogens is 3. The van der Waals surface area contributed by atoms with E-state index in [1.54, 1.807) is 0 Å². The Balaban J connectivity index is 2.25. The van der Waals surface area contributed by atoms with E-state index in [1.165, 1.54) is 0 Å². The van der Waals surface area contributed by atoms with Crippen LogP contribution in [0.5, 0.6) is 0 Å². The van der Waals surface area contributed by atoms with Gasteiger partial charge in [-0.2, -0.15) is 0 Å². The van der Waals surface area contributed by atoms with Gasteiger partial charge in [-0.1, -0.05) is 0 Å². The van der Waals surface area contributed by atoms with E-state index in [0.29, 0.717) is 0 Å². The van der Waals surface area contributed by atoms with Crippen LogP contribution in [0.15, 0.2) is 6.33 Å². The molecule has 1 aliphatic heterocycles. The molecule has 0 saturated carbocycles. The van der Waals surface area contributed by atoms with E-state index in [1.807, 2.05) is 0 Å². The van der Waals surface area contributed by atoms with Crippen molar-refractivity contribution in [3.63, 3.8) is 0 Å². The summed E-state index contributed by atoms with van der Waals surface area (Å²) in [6.45, 7) is -1.54. The first kappa shape index (κ1) is 17.9. The van der Waals surface area contributed by atoms with Crippen molar-refractivity contribution in [3.05, 3.63) is 12.2 Å². The quantitative estimate of drug-likeness (QED) is 0.401. The first-order valence-corrected chi connectivity index (χ1v) is 7.68. The zero-order chi connectivity index (χ0) is 17.2. The van der Waals surface area contributed by atoms with Gasteiger partial charge in [-0.05, 0) is 0 Å². The first-order valence-electron chi connectivity index (χ1n) is 6.15. The van der Waals surface area contributed by atoms with E-state index in [-0.39, 0.29) is 5.82 Å². The fraction of sp³-hybridized carbons (Fsp3) is 0.667. The summed E-state index contributed by atoms with van der Waals surface area (Å²) in [7, 11) is -4.98. The number of hydrogen-bond acceptors (Lipinski definition) is 8. The number of aliphatic hydroxyl groups is 1. The third kappa shape index (κ3) is 4.29. The number of aliphatic hydroxyl groups excluding tert-OH is 1. The highest BCUT2D eigenvalue weighted by Gasteiger charge is 2.49. The standard InChI is InChI=1S/C9H14FN4O8P/c10-2-20-1-4-5(15)6(22-23(17,18)19)9(21-4)14-3-12-8(13-14)7(11)16/h3-6,9,15H,1-2H2,(H2,11,16)(H2,17,18,19)/t4-,5-,6-,9-/m1/s1. The molecule has 2 heterocycles. The van der Waals surface area contributed by atoms with Crippen LogP contribution in [0.2, 0.25) is 0 Å². The van der Waals surface area contributed by atoms with E-state index < -0.39 is 51.7 Å². The Morgan fingerprint density at radius 3 is 2.78 bits per heavy atom. The summed E-state index contributed by atoms with van der Waals surface area (Å²) >= 11 is 0. The summed E-state index contributed by atoms with van der Waals surface area (Å²) in [4.78, 5) is 32.4. The molecule has 0 radical (unpaired) electrons. The largest absolute Gasteiger partial charge is 0.470 e. The minimum atomic E-state index is -4.98. The number of nitrogens with two attached hydrogens (primary N) is 1. The van der Waals surface area contributed by atoms with Gasteiger partial charge in [0.05, 0.1) is 6.61 Å². The summed E-state index contributed by atoms with van der Waals surface area (Å²) in [5, 5.41) is 13.7. The fourth-order valence-electron chi connectivity index (χ4n) is 2.01. The van der Waals surface area contributed by atoms with E-state index in [0.717, 1.165) is 11.0 Å². The number of carbonyl (C=O) groups excluding carboxylic acids is 1. The second kappa shape index (κ2) is 6.97. The topological polar surface area (TPSA) is 179 Å². The zero-order valence-corrected chi connectivity index (χ0v) is 12.3. The number of alkyl halides is 1. The Morgan fingerprint density at radius 1 is 1.57 bits per heavy atom. The molecule has 1 aromatic heterocycles. The molecule has 12 nitrogen and oxygen atoms in total. The van der Waals surface area contributed by atoms with Crippen molar-refractivity contribution in [2.24, 2.45) is 5.73 Å². The first-order chi connectivity index (χ1) is 10.7. The maximum Gasteiger partial charge on any atom is 0.470 e. The highest BCUT2D eigenvalue weighted by Crippen LogP contribution is 2.44. The number of hydrogen-bond donors (Lipinski definition) is 4. The van der Waals surface area contributed by atoms with E-state index in [4.69, 9.17) is 20.3 Å². The number of phosphoric ester groups is 1. The highest BCUT2D eigenvalue weighted by molar-refractivity contribution is 7.46. The Hall–Kier alpha value is -1.47. The van der Waals surface area contributed by atoms with Gasteiger partial charge in [-0.3, -0.25) is 9.32 Å². The summed E-state index contributed by atoms with van der Waals surface area (Å²) in [6, 6.07) is 0. The molecular weight excluding hydrogens is 342 g/mol. The SMILES string of the molecule is NC(=O)c1ncn([C@@H]2O[C@H](COCF)[C@@H](O)[C@H]2OP(=O)(O)O)n1. The molecule has 0 aromatic carbocycles. The summed E-state index contributed by atoms with van der Waals surface area (Å²) < 4.78 is 38.3. The van der Waals surface area contributed by atoms with Crippen molar-refractivity contribution in [1.29, 1.82) is 0 Å². The highest BCUT2D eigenvalue weighted by atomic mass is 31.2. The van der Waals surface area contributed by atoms with Crippen LogP contribution in [0.4, 0.5) is 4.39 Å². The Morgan fingerprint density at radius 2 is 2.26 bits per heavy atom. The van der Waals surface area contributed by atoms with Gasteiger partial charge in [-0.15, -0.1) is 5.10 Å². The number of ether oxygens (including phenoxy) is 2. The molecule has 0 spiro atoms. The van der Waals surface area contributed by atoms with Gasteiger partial charge in [0.25, 0.3) is 5.91 Å². The monoisotopic (exact) mass is 356 g/mol. The van der Waals surface area contributed by atoms with E-state index >= 15 is 0 Å². The summed E-state index contributed by atoms with van der Waals surface area (Å²) in [5.41, 5.74) is 5.00. The number of halogens is 1. The number of rotatable bonds is 7. The van der Waals surface area contributed by atoms with E-state index in [9.17, 15) is 18.9 Å². The lowest BCUT2D eigenvalue weighted by Gasteiger charge is -2.20. The lowest BCUT2D eigenvalue weighted by Crippen LogP contribution is -2.35. The normalized spacial score (nSPS) is 28.2. The zero-order valence-electron chi connectivity index (χ0n) is 11.4. The van der Waals surface area contributed by atoms with Crippen molar-refractivity contribution in [3.8, 4) is 0 Å². The van der Waals surface area contributed by atoms with Crippen molar-refractivity contribution in [1.82, 2.24) is 14.8 Å². The van der Waals surface area contributed by atoms with Crippen LogP contribution < -0.4 is 5.73 Å². The van der Waals surface area contributed by atoms with Crippen LogP contribution >= 0.6 is 7.82 Å². The Labute approximate surface area is 128 Å². The van der Waals surface area contributed by atoms with Crippen LogP contribution in [0, 0.1) is 0 Å². The van der Waals surface area contributed by atoms with Crippen molar-refractivity contribution >= 4 is 13.7 Å². The second-order valence-corrected chi connectivity index (χ2v) is 5.70. The molecule has 0 bridgehead atoms. The average molecular weight is 356 g/mol. The minimum Gasteiger partial charge on any atom is -0.387 e. The molecule has 1 fully saturated rings. The fourth-order valence-corrected chi connectivity index (χ4v) is 2.56. The summed E-state index contributed by atoms with van der Waals surface area (Å²) in [5.74, 6) is -1.31. The molecule has 23 heavy (non-hydrogen) atoms. The molecule has 4 atom stereocenters. The lowest BCUT2D eigenvalue weighted by molar-refractivity contribution is -0.0817. The van der Waals surface area contributed by atoms with E-state index in [2.05, 4.69) is 19.3 Å². The molecule has 2 rings (SSSR count). The molecule has 1 aromatic rings. The van der Waals surface area contributed by atoms with Gasteiger partial charge in [0.2, 0.25) is 5.82 Å². The van der Waals surface area contributed by atoms with Crippen LogP contribution in [0.3, 0.4) is 0 Å². The molecule has 5 N–H and O–H groups in total. The second-order valence-electron chi connectivity index (χ2n) is 4.51. The Bertz CT molecular complexity index is 608. The third-order valence-corrected chi connectivity index (χ3v) is 3.44. The minimum absolute atomic E-state index is 0.374. The van der Waals surface area contributed by atoms with Crippen molar-refractivity contribution in [2.45, 2.75) is 24.5 Å². The third-order valence-electron chi connectivity index (χ3n) is 2.92. The molecule has 1 saturated heterocycles. The molecular formula is C9H14FN4O8P. The molecule has 1 amide bonds. The number of primary amides is 1. The maximum atomic E-state index is 12.1. The molecule has 1 aliphatic rings. The van der Waals surface area contributed by atoms with Crippen molar-refractivity contribution in [2.75, 3.05) is 13.5 Å². The molecule has 130 valence electrons. The molecule has 0 unspecified atom stereocenters. The smallest absolute Gasteiger partial charge is 0.387 e. The van der Waals surface area contributed by atoms with Gasteiger partial charge in [0.15, 0.2) is 13.1 Å². The van der Waals surface area contributed by atoms with Crippen LogP contribution in [-0.2, 0) is 18.6 Å². The molecule has 14 heteroatoms. The van der Waals surface area contributed by atoms with Gasteiger partial charge in [0.1, 0.15) is 24.6 Å². The maximum absolute atomic E-state index is 12.1. The lowest BCUT2D eigenvalue weighted by atomic mass is 10.1. The molecule has 0 aliphatic carbocycles. The summed E-state index contributed by atoms with van der Waals surface area (Å²) in [6.07, 6.45) is -4.60. The number of nitrogens with zero attached hydrogens (tertiary/aromatic N) is 3. The predicted molar refractivity (Wildman–Crippen MR) is 67.3 cm³/mol. The van der Waals surface area contributed by atoms with Crippen LogP contribution in [0.25, 0.3) is 0 Å². The van der Waals surface area contributed by atoms with Gasteiger partial charge in [-0.25, -0.2) is 18.6 Å². The number of phosphoric acid groups is 1.